The van der Waals surface area contributed by atoms with Gasteiger partial charge in [0.05, 0.1) is 24.3 Å². The molecule has 1 fully saturated rings. The van der Waals surface area contributed by atoms with Crippen LogP contribution in [0.2, 0.25) is 0 Å². The van der Waals surface area contributed by atoms with E-state index in [9.17, 15) is 26.3 Å². The SMILES string of the molecule is C=CC1COC(c2ccc(C(F)(F)Oc3ccc(CCc4ccc(C(F)(F)F)cc4)c(F)c3)cc2)OC1. The largest absolute Gasteiger partial charge is 0.429 e. The average Bonchev–Trinajstić information content (AvgIpc) is 2.88. The van der Waals surface area contributed by atoms with Crippen molar-refractivity contribution >= 4 is 0 Å². The molecule has 37 heavy (non-hydrogen) atoms. The maximum atomic E-state index is 14.7. The predicted octanol–water partition coefficient (Wildman–Crippen LogP) is 7.61. The summed E-state index contributed by atoms with van der Waals surface area (Å²) in [5.41, 5.74) is 0.198. The highest BCUT2D eigenvalue weighted by atomic mass is 19.4. The molecular weight excluding hydrogens is 498 g/mol. The maximum Gasteiger partial charge on any atom is 0.426 e. The number of halogens is 6. The topological polar surface area (TPSA) is 27.7 Å². The third-order valence-corrected chi connectivity index (χ3v) is 6.01. The van der Waals surface area contributed by atoms with E-state index in [1.54, 1.807) is 6.08 Å². The molecule has 3 aromatic rings. The Hall–Kier alpha value is -3.30. The highest BCUT2D eigenvalue weighted by Crippen LogP contribution is 2.34. The van der Waals surface area contributed by atoms with Gasteiger partial charge < -0.3 is 14.2 Å². The lowest BCUT2D eigenvalue weighted by atomic mass is 10.0. The molecule has 1 saturated heterocycles. The van der Waals surface area contributed by atoms with Crippen molar-refractivity contribution in [3.05, 3.63) is 113 Å². The zero-order valence-electron chi connectivity index (χ0n) is 19.6. The molecule has 0 bridgehead atoms. The number of hydrogen-bond acceptors (Lipinski definition) is 3. The van der Waals surface area contributed by atoms with E-state index in [1.807, 2.05) is 0 Å². The molecule has 4 rings (SSSR count). The van der Waals surface area contributed by atoms with Gasteiger partial charge in [-0.2, -0.15) is 22.0 Å². The smallest absolute Gasteiger partial charge is 0.426 e. The van der Waals surface area contributed by atoms with Gasteiger partial charge in [-0.15, -0.1) is 6.58 Å². The molecule has 0 saturated carbocycles. The van der Waals surface area contributed by atoms with Crippen LogP contribution < -0.4 is 4.74 Å². The van der Waals surface area contributed by atoms with Crippen LogP contribution in [0.15, 0.2) is 79.4 Å². The average molecular weight is 522 g/mol. The molecule has 9 heteroatoms. The molecule has 3 nitrogen and oxygen atoms in total. The van der Waals surface area contributed by atoms with Gasteiger partial charge in [0.2, 0.25) is 0 Å². The summed E-state index contributed by atoms with van der Waals surface area (Å²) in [6.45, 7) is 4.52. The third-order valence-electron chi connectivity index (χ3n) is 6.01. The molecule has 196 valence electrons. The summed E-state index contributed by atoms with van der Waals surface area (Å²) >= 11 is 0. The molecule has 1 aliphatic heterocycles. The van der Waals surface area contributed by atoms with Gasteiger partial charge in [-0.3, -0.25) is 0 Å². The predicted molar refractivity (Wildman–Crippen MR) is 125 cm³/mol. The van der Waals surface area contributed by atoms with Crippen LogP contribution in [0.5, 0.6) is 5.75 Å². The van der Waals surface area contributed by atoms with Crippen molar-refractivity contribution in [2.24, 2.45) is 5.92 Å². The first-order valence-electron chi connectivity index (χ1n) is 11.5. The number of alkyl halides is 5. The fourth-order valence-corrected chi connectivity index (χ4v) is 3.82. The number of rotatable bonds is 8. The Labute approximate surface area is 210 Å². The van der Waals surface area contributed by atoms with Gasteiger partial charge >= 0.3 is 12.3 Å². The summed E-state index contributed by atoms with van der Waals surface area (Å²) in [5, 5.41) is 0. The van der Waals surface area contributed by atoms with Gasteiger partial charge in [0.15, 0.2) is 6.29 Å². The van der Waals surface area contributed by atoms with Crippen LogP contribution in [-0.2, 0) is 34.6 Å². The first-order valence-corrected chi connectivity index (χ1v) is 11.5. The summed E-state index contributed by atoms with van der Waals surface area (Å²) in [7, 11) is 0. The standard InChI is InChI=1S/C28H24F6O3/c1-2-18-16-35-26(36-17-18)21-7-12-23(13-8-21)28(33,34)37-24-14-9-20(25(29)15-24)6-3-19-4-10-22(11-5-19)27(30,31)32/h2,4-5,7-15,18,26H,1,3,6,16-17H2. The van der Waals surface area contributed by atoms with Gasteiger partial charge in [-0.05, 0) is 54.3 Å². The molecule has 0 spiro atoms. The fourth-order valence-electron chi connectivity index (χ4n) is 3.82. The van der Waals surface area contributed by atoms with Crippen molar-refractivity contribution < 1.29 is 40.6 Å². The first-order chi connectivity index (χ1) is 17.5. The van der Waals surface area contributed by atoms with Crippen LogP contribution in [0.3, 0.4) is 0 Å². The van der Waals surface area contributed by atoms with E-state index < -0.39 is 35.5 Å². The molecular formula is C28H24F6O3. The van der Waals surface area contributed by atoms with E-state index in [0.717, 1.165) is 18.2 Å². The highest BCUT2D eigenvalue weighted by molar-refractivity contribution is 5.32. The minimum Gasteiger partial charge on any atom is -0.429 e. The van der Waals surface area contributed by atoms with Crippen molar-refractivity contribution in [3.8, 4) is 5.75 Å². The summed E-state index contributed by atoms with van der Waals surface area (Å²) in [4.78, 5) is 0. The number of aryl methyl sites for hydroxylation is 2. The number of benzene rings is 3. The van der Waals surface area contributed by atoms with Crippen molar-refractivity contribution in [2.45, 2.75) is 31.4 Å². The van der Waals surface area contributed by atoms with Crippen LogP contribution in [0.4, 0.5) is 26.3 Å². The second-order valence-corrected chi connectivity index (χ2v) is 8.68. The lowest BCUT2D eigenvalue weighted by molar-refractivity contribution is -0.198. The highest BCUT2D eigenvalue weighted by Gasteiger charge is 2.35. The van der Waals surface area contributed by atoms with Gasteiger partial charge in [-0.1, -0.05) is 36.4 Å². The minimum absolute atomic E-state index is 0.0739. The molecule has 0 atom stereocenters. The Morgan fingerprint density at radius 1 is 0.838 bits per heavy atom. The first kappa shape index (κ1) is 26.8. The normalized spacial score (nSPS) is 18.4. The summed E-state index contributed by atoms with van der Waals surface area (Å²) in [6, 6.07) is 13.3. The Balaban J connectivity index is 1.36. The second-order valence-electron chi connectivity index (χ2n) is 8.68. The van der Waals surface area contributed by atoms with E-state index in [1.165, 1.54) is 48.5 Å². The molecule has 3 aromatic carbocycles. The summed E-state index contributed by atoms with van der Waals surface area (Å²) in [5.74, 6) is -1.04. The van der Waals surface area contributed by atoms with E-state index in [4.69, 9.17) is 14.2 Å². The molecule has 0 aromatic heterocycles. The van der Waals surface area contributed by atoms with Gasteiger partial charge in [-0.25, -0.2) is 4.39 Å². The Morgan fingerprint density at radius 2 is 1.46 bits per heavy atom. The number of ether oxygens (including phenoxy) is 3. The Bertz CT molecular complexity index is 1200. The van der Waals surface area contributed by atoms with Crippen LogP contribution in [0, 0.1) is 11.7 Å². The quantitative estimate of drug-likeness (QED) is 0.225. The maximum absolute atomic E-state index is 14.7. The minimum atomic E-state index is -4.43. The lowest BCUT2D eigenvalue weighted by Crippen LogP contribution is -2.26. The Morgan fingerprint density at radius 3 is 2.03 bits per heavy atom. The molecule has 0 N–H and O–H groups in total. The van der Waals surface area contributed by atoms with E-state index >= 15 is 0 Å². The lowest BCUT2D eigenvalue weighted by Gasteiger charge is -2.28. The fraction of sp³-hybridized carbons (Fsp3) is 0.286. The van der Waals surface area contributed by atoms with Crippen molar-refractivity contribution in [2.75, 3.05) is 13.2 Å². The summed E-state index contributed by atoms with van der Waals surface area (Å²) in [6.07, 6.45) is -6.64. The van der Waals surface area contributed by atoms with Crippen LogP contribution in [-0.4, -0.2) is 13.2 Å². The van der Waals surface area contributed by atoms with E-state index in [0.29, 0.717) is 24.3 Å². The second kappa shape index (κ2) is 11.0. The third kappa shape index (κ3) is 6.72. The molecule has 0 aliphatic carbocycles. The van der Waals surface area contributed by atoms with Gasteiger partial charge in [0.1, 0.15) is 11.6 Å². The monoisotopic (exact) mass is 522 g/mol. The van der Waals surface area contributed by atoms with Crippen LogP contribution in [0.1, 0.15) is 34.1 Å². The zero-order valence-corrected chi connectivity index (χ0v) is 19.6. The molecule has 0 unspecified atom stereocenters. The van der Waals surface area contributed by atoms with Crippen LogP contribution in [0.25, 0.3) is 0 Å². The number of hydrogen-bond donors (Lipinski definition) is 0. The van der Waals surface area contributed by atoms with Crippen molar-refractivity contribution in [1.29, 1.82) is 0 Å². The molecule has 0 radical (unpaired) electrons. The molecule has 1 aliphatic rings. The molecule has 1 heterocycles. The van der Waals surface area contributed by atoms with Gasteiger partial charge in [0.25, 0.3) is 0 Å². The zero-order chi connectivity index (χ0) is 26.6. The Kier molecular flexibility index (Phi) is 7.94. The van der Waals surface area contributed by atoms with Crippen molar-refractivity contribution in [3.63, 3.8) is 0 Å². The summed E-state index contributed by atoms with van der Waals surface area (Å²) < 4.78 is 98.0. The van der Waals surface area contributed by atoms with Gasteiger partial charge in [0, 0.05) is 17.5 Å². The molecule has 0 amide bonds. The van der Waals surface area contributed by atoms with Crippen molar-refractivity contribution in [1.82, 2.24) is 0 Å². The van der Waals surface area contributed by atoms with Crippen LogP contribution >= 0.6 is 0 Å². The van der Waals surface area contributed by atoms with E-state index in [-0.39, 0.29) is 30.1 Å². The van der Waals surface area contributed by atoms with E-state index in [2.05, 4.69) is 6.58 Å².